The smallest absolute Gasteiger partial charge is 0.310 e. The van der Waals surface area contributed by atoms with Crippen molar-refractivity contribution in [3.63, 3.8) is 0 Å². The number of hydrogen-bond acceptors (Lipinski definition) is 1. The zero-order chi connectivity index (χ0) is 37.5. The van der Waals surface area contributed by atoms with Crippen molar-refractivity contribution >= 4 is 75.1 Å². The first-order valence-electron chi connectivity index (χ1n) is 19.4. The number of para-hydroxylation sites is 4. The van der Waals surface area contributed by atoms with E-state index in [1.165, 1.54) is 80.5 Å². The summed E-state index contributed by atoms with van der Waals surface area (Å²) in [6, 6.07) is 77.5. The summed E-state index contributed by atoms with van der Waals surface area (Å²) in [7, 11) is 0. The summed E-state index contributed by atoms with van der Waals surface area (Å²) in [5, 5.41) is 7.51. The normalized spacial score (nSPS) is 11.7. The van der Waals surface area contributed by atoms with Crippen molar-refractivity contribution < 1.29 is 31.1 Å². The molecule has 0 unspecified atom stereocenters. The predicted molar refractivity (Wildman–Crippen MR) is 242 cm³/mol. The molecule has 58 heavy (non-hydrogen) atoms. The molecule has 2 nitrogen and oxygen atoms in total. The van der Waals surface area contributed by atoms with Crippen molar-refractivity contribution in [3.05, 3.63) is 206 Å². The maximum Gasteiger partial charge on any atom is 2.00 e. The number of rotatable bonds is 5. The minimum atomic E-state index is 0. The van der Waals surface area contributed by atoms with Crippen molar-refractivity contribution in [2.45, 2.75) is 0 Å². The first kappa shape index (κ1) is 35.0. The van der Waals surface area contributed by atoms with Gasteiger partial charge in [0, 0.05) is 47.9 Å². The Morgan fingerprint density at radius 3 is 1.88 bits per heavy atom. The molecule has 9 aromatic carbocycles. The molecular weight excluding hydrogens is 947 g/mol. The molecule has 0 spiro atoms. The first-order chi connectivity index (χ1) is 28.3. The average Bonchev–Trinajstić information content (AvgIpc) is 3.94. The fourth-order valence-electron chi connectivity index (χ4n) is 9.00. The monoisotopic (exact) mass is 978 g/mol. The van der Waals surface area contributed by atoms with E-state index in [9.17, 15) is 0 Å². The maximum atomic E-state index is 3.79. The Bertz CT molecular complexity index is 3520. The van der Waals surface area contributed by atoms with Gasteiger partial charge in [0.1, 0.15) is 0 Å². The van der Waals surface area contributed by atoms with Crippen LogP contribution < -0.4 is 0 Å². The molecule has 4 heteroatoms. The van der Waals surface area contributed by atoms with Crippen LogP contribution in [-0.2, 0) is 0 Å². The van der Waals surface area contributed by atoms with Gasteiger partial charge in [0.2, 0.25) is 0 Å². The number of benzene rings is 9. The minimum Gasteiger partial charge on any atom is -0.310 e. The summed E-state index contributed by atoms with van der Waals surface area (Å²) in [5.74, 6) is 0. The number of nitrogens with zero attached hydrogens (tertiary/aromatic N) is 2. The Morgan fingerprint density at radius 1 is 0.397 bits per heavy atom. The van der Waals surface area contributed by atoms with Crippen LogP contribution in [0.3, 0.4) is 0 Å². The molecular formula is C54H32N2SU. The molecule has 0 N–H and O–H groups in total. The second kappa shape index (κ2) is 14.0. The molecule has 268 valence electrons. The number of aromatic nitrogens is 2. The van der Waals surface area contributed by atoms with E-state index in [1.807, 2.05) is 23.5 Å². The second-order valence-electron chi connectivity index (χ2n) is 14.7. The van der Waals surface area contributed by atoms with Gasteiger partial charge in [-0.15, -0.1) is 35.1 Å². The van der Waals surface area contributed by atoms with Crippen molar-refractivity contribution in [2.75, 3.05) is 0 Å². The van der Waals surface area contributed by atoms with Gasteiger partial charge in [-0.05, 0) is 64.9 Å². The molecule has 0 amide bonds. The van der Waals surface area contributed by atoms with Crippen LogP contribution in [0.5, 0.6) is 0 Å². The Morgan fingerprint density at radius 2 is 1.05 bits per heavy atom. The SMILES string of the molecule is [U+2].[c-]1ccccc1-c1[c-]c(-c2cc(-n3c4ccccc4c4cc(-c5cccc6c7ccccc7n(-c7ccccc7)c56)ccc43)cc3c2sc2ccccc23)ccc1. The zero-order valence-electron chi connectivity index (χ0n) is 31.3. The molecule has 3 aromatic heterocycles. The van der Waals surface area contributed by atoms with Gasteiger partial charge in [0.05, 0.1) is 22.1 Å². The van der Waals surface area contributed by atoms with Crippen LogP contribution >= 0.6 is 11.3 Å². The van der Waals surface area contributed by atoms with Crippen molar-refractivity contribution in [1.82, 2.24) is 9.13 Å². The third-order valence-corrected chi connectivity index (χ3v) is 12.7. The second-order valence-corrected chi connectivity index (χ2v) is 15.7. The van der Waals surface area contributed by atoms with E-state index < -0.39 is 0 Å². The first-order valence-corrected chi connectivity index (χ1v) is 20.2. The topological polar surface area (TPSA) is 9.86 Å². The van der Waals surface area contributed by atoms with Gasteiger partial charge in [0.15, 0.2) is 0 Å². The third kappa shape index (κ3) is 5.44. The summed E-state index contributed by atoms with van der Waals surface area (Å²) in [5.41, 5.74) is 13.8. The Balaban J connectivity index is 0.00000385. The largest absolute Gasteiger partial charge is 2.00 e. The van der Waals surface area contributed by atoms with Gasteiger partial charge in [-0.2, -0.15) is 42.0 Å². The number of hydrogen-bond donors (Lipinski definition) is 0. The predicted octanol–water partition coefficient (Wildman–Crippen LogP) is 14.9. The molecule has 12 aromatic rings. The van der Waals surface area contributed by atoms with Crippen LogP contribution in [0.1, 0.15) is 0 Å². The van der Waals surface area contributed by atoms with Gasteiger partial charge in [-0.3, -0.25) is 0 Å². The number of fused-ring (bicyclic) bond motifs is 9. The van der Waals surface area contributed by atoms with E-state index in [-0.39, 0.29) is 31.1 Å². The van der Waals surface area contributed by atoms with Crippen LogP contribution in [0, 0.1) is 43.2 Å². The molecule has 3 heterocycles. The van der Waals surface area contributed by atoms with Crippen LogP contribution in [0.2, 0.25) is 0 Å². The van der Waals surface area contributed by atoms with E-state index in [1.54, 1.807) is 0 Å². The van der Waals surface area contributed by atoms with E-state index in [0.717, 1.165) is 28.1 Å². The van der Waals surface area contributed by atoms with Crippen LogP contribution in [-0.4, -0.2) is 9.13 Å². The summed E-state index contributed by atoms with van der Waals surface area (Å²) >= 11 is 1.86. The van der Waals surface area contributed by atoms with Gasteiger partial charge in [-0.25, -0.2) is 5.56 Å². The maximum absolute atomic E-state index is 3.79. The minimum absolute atomic E-state index is 0. The Labute approximate surface area is 363 Å². The van der Waals surface area contributed by atoms with Crippen molar-refractivity contribution in [1.29, 1.82) is 0 Å². The fourth-order valence-corrected chi connectivity index (χ4v) is 10.2. The third-order valence-electron chi connectivity index (χ3n) is 11.5. The summed E-state index contributed by atoms with van der Waals surface area (Å²) < 4.78 is 7.44. The molecule has 0 atom stereocenters. The molecule has 0 fully saturated rings. The van der Waals surface area contributed by atoms with Crippen LogP contribution in [0.15, 0.2) is 194 Å². The molecule has 0 radical (unpaired) electrons. The average molecular weight is 979 g/mol. The van der Waals surface area contributed by atoms with E-state index in [0.29, 0.717) is 0 Å². The van der Waals surface area contributed by atoms with Crippen LogP contribution in [0.25, 0.3) is 109 Å². The van der Waals surface area contributed by atoms with E-state index >= 15 is 0 Å². The summed E-state index contributed by atoms with van der Waals surface area (Å²) in [6.45, 7) is 0. The Hall–Kier alpha value is -6.15. The quantitative estimate of drug-likeness (QED) is 0.152. The van der Waals surface area contributed by atoms with Gasteiger partial charge in [0.25, 0.3) is 0 Å². The zero-order valence-corrected chi connectivity index (χ0v) is 36.3. The van der Waals surface area contributed by atoms with Gasteiger partial charge in [-0.1, -0.05) is 109 Å². The Kier molecular flexibility index (Phi) is 8.49. The van der Waals surface area contributed by atoms with E-state index in [2.05, 4.69) is 203 Å². The molecule has 12 rings (SSSR count). The molecule has 0 aliphatic carbocycles. The van der Waals surface area contributed by atoms with Crippen molar-refractivity contribution in [3.8, 4) is 44.8 Å². The van der Waals surface area contributed by atoms with Crippen LogP contribution in [0.4, 0.5) is 0 Å². The molecule has 0 aliphatic heterocycles. The summed E-state index contributed by atoms with van der Waals surface area (Å²) in [4.78, 5) is 0. The molecule has 0 aliphatic rings. The number of thiophene rings is 1. The summed E-state index contributed by atoms with van der Waals surface area (Å²) in [6.07, 6.45) is 0. The van der Waals surface area contributed by atoms with E-state index in [4.69, 9.17) is 0 Å². The molecule has 0 saturated carbocycles. The fraction of sp³-hybridized carbons (Fsp3) is 0. The molecule has 0 bridgehead atoms. The van der Waals surface area contributed by atoms with Gasteiger partial charge < -0.3 is 9.13 Å². The standard InChI is InChI=1S/C54H32N2S.U/c1-3-15-35(16-4-1)36-17-13-18-37(31-36)46-33-40(34-48-44-23-9-12-28-52(44)57-54(46)48)55-49-26-10-8-22-43(49)47-32-38(29-30-51(47)55)41-24-14-25-45-42-21-7-11-27-50(42)56(53(41)45)39-19-5-2-6-20-39;/h1-15,17-30,32-34H;/q-2;+2. The van der Waals surface area contributed by atoms with Crippen molar-refractivity contribution in [2.24, 2.45) is 0 Å². The molecule has 0 saturated heterocycles. The van der Waals surface area contributed by atoms with Gasteiger partial charge >= 0.3 is 31.1 Å².